The van der Waals surface area contributed by atoms with Crippen LogP contribution in [0.3, 0.4) is 0 Å². The summed E-state index contributed by atoms with van der Waals surface area (Å²) in [5, 5.41) is 5.87. The molecule has 0 radical (unpaired) electrons. The Labute approximate surface area is 167 Å². The van der Waals surface area contributed by atoms with Crippen molar-refractivity contribution in [3.05, 3.63) is 99.9 Å². The lowest BCUT2D eigenvalue weighted by Crippen LogP contribution is -2.30. The van der Waals surface area contributed by atoms with E-state index >= 15 is 0 Å². The van der Waals surface area contributed by atoms with Gasteiger partial charge in [0.15, 0.2) is 6.23 Å². The zero-order valence-electron chi connectivity index (χ0n) is 15.5. The third-order valence-corrected chi connectivity index (χ3v) is 5.43. The molecule has 0 spiro atoms. The van der Waals surface area contributed by atoms with Crippen molar-refractivity contribution in [2.45, 2.75) is 12.6 Å². The number of carbonyl (C=O) groups excluding carboxylic acids is 1. The van der Waals surface area contributed by atoms with Crippen LogP contribution >= 0.6 is 11.3 Å². The molecule has 0 saturated heterocycles. The maximum atomic E-state index is 13.1. The highest BCUT2D eigenvalue weighted by Gasteiger charge is 2.18. The van der Waals surface area contributed by atoms with Crippen LogP contribution in [-0.4, -0.2) is 18.0 Å². The smallest absolute Gasteiger partial charge is 0.254 e. The maximum absolute atomic E-state index is 13.1. The largest absolute Gasteiger partial charge is 0.357 e. The molecule has 0 fully saturated rings. The number of aromatic nitrogens is 1. The average molecular weight is 388 g/mol. The van der Waals surface area contributed by atoms with E-state index in [1.54, 1.807) is 18.4 Å². The van der Waals surface area contributed by atoms with Gasteiger partial charge in [0.25, 0.3) is 5.91 Å². The standard InChI is InChI=1S/C23H20N2O2S/c1-27-23(16-8-3-2-4-9-16)25-22(26)20-15-17(14-18-10-7-13-28-18)24-21-12-6-5-11-19(20)21/h2-13,15,23H,14H2,1H3,(H,25,26). The second-order valence-electron chi connectivity index (χ2n) is 6.43. The molecule has 1 N–H and O–H groups in total. The fraction of sp³-hybridized carbons (Fsp3) is 0.130. The number of hydrogen-bond donors (Lipinski definition) is 1. The number of benzene rings is 2. The van der Waals surface area contributed by atoms with Crippen molar-refractivity contribution >= 4 is 28.1 Å². The molecule has 1 amide bonds. The Morgan fingerprint density at radius 2 is 1.86 bits per heavy atom. The number of nitrogens with one attached hydrogen (secondary N) is 1. The van der Waals surface area contributed by atoms with E-state index in [9.17, 15) is 4.79 Å². The van der Waals surface area contributed by atoms with Crippen molar-refractivity contribution in [3.8, 4) is 0 Å². The van der Waals surface area contributed by atoms with Crippen LogP contribution < -0.4 is 5.32 Å². The molecule has 0 aliphatic rings. The number of nitrogens with zero attached hydrogens (tertiary/aromatic N) is 1. The first-order valence-electron chi connectivity index (χ1n) is 9.04. The summed E-state index contributed by atoms with van der Waals surface area (Å²) in [6.45, 7) is 0. The van der Waals surface area contributed by atoms with E-state index in [0.29, 0.717) is 12.0 Å². The molecular weight excluding hydrogens is 368 g/mol. The van der Waals surface area contributed by atoms with Gasteiger partial charge in [0.2, 0.25) is 0 Å². The van der Waals surface area contributed by atoms with E-state index < -0.39 is 6.23 Å². The average Bonchev–Trinajstić information content (AvgIpc) is 3.25. The molecule has 0 bridgehead atoms. The fourth-order valence-corrected chi connectivity index (χ4v) is 3.92. The van der Waals surface area contributed by atoms with Gasteiger partial charge in [-0.25, -0.2) is 0 Å². The minimum Gasteiger partial charge on any atom is -0.357 e. The number of carbonyl (C=O) groups is 1. The Kier molecular flexibility index (Phi) is 5.46. The Balaban J connectivity index is 1.68. The summed E-state index contributed by atoms with van der Waals surface area (Å²) >= 11 is 1.69. The number of methoxy groups -OCH3 is 1. The van der Waals surface area contributed by atoms with Crippen molar-refractivity contribution in [2.24, 2.45) is 0 Å². The van der Waals surface area contributed by atoms with Crippen molar-refractivity contribution in [1.82, 2.24) is 10.3 Å². The predicted molar refractivity (Wildman–Crippen MR) is 113 cm³/mol. The first-order valence-corrected chi connectivity index (χ1v) is 9.92. The van der Waals surface area contributed by atoms with E-state index in [1.165, 1.54) is 4.88 Å². The van der Waals surface area contributed by atoms with Gasteiger partial charge in [-0.1, -0.05) is 54.6 Å². The van der Waals surface area contributed by atoms with Crippen LogP contribution in [0.4, 0.5) is 0 Å². The van der Waals surface area contributed by atoms with Gasteiger partial charge in [0, 0.05) is 35.1 Å². The summed E-state index contributed by atoms with van der Waals surface area (Å²) in [7, 11) is 1.59. The molecule has 0 aliphatic heterocycles. The second-order valence-corrected chi connectivity index (χ2v) is 7.47. The zero-order chi connectivity index (χ0) is 19.3. The van der Waals surface area contributed by atoms with Gasteiger partial charge in [-0.2, -0.15) is 0 Å². The fourth-order valence-electron chi connectivity index (χ4n) is 3.20. The number of hydrogen-bond acceptors (Lipinski definition) is 4. The number of ether oxygens (including phenoxy) is 1. The van der Waals surface area contributed by atoms with Crippen molar-refractivity contribution < 1.29 is 9.53 Å². The van der Waals surface area contributed by atoms with Gasteiger partial charge in [0.05, 0.1) is 11.1 Å². The van der Waals surface area contributed by atoms with Gasteiger partial charge in [-0.15, -0.1) is 11.3 Å². The third-order valence-electron chi connectivity index (χ3n) is 4.55. The molecule has 28 heavy (non-hydrogen) atoms. The summed E-state index contributed by atoms with van der Waals surface area (Å²) in [6.07, 6.45) is 0.191. The Morgan fingerprint density at radius 3 is 2.61 bits per heavy atom. The van der Waals surface area contributed by atoms with E-state index in [2.05, 4.69) is 11.4 Å². The summed E-state index contributed by atoms with van der Waals surface area (Å²) in [5.74, 6) is -0.179. The third kappa shape index (κ3) is 3.96. The first-order chi connectivity index (χ1) is 13.7. The molecule has 0 saturated carbocycles. The van der Waals surface area contributed by atoms with Crippen LogP contribution in [0.25, 0.3) is 10.9 Å². The van der Waals surface area contributed by atoms with Crippen LogP contribution in [0.2, 0.25) is 0 Å². The van der Waals surface area contributed by atoms with Gasteiger partial charge in [0.1, 0.15) is 0 Å². The molecule has 140 valence electrons. The van der Waals surface area contributed by atoms with E-state index in [1.807, 2.05) is 72.1 Å². The molecule has 2 aromatic carbocycles. The van der Waals surface area contributed by atoms with Gasteiger partial charge >= 0.3 is 0 Å². The second kappa shape index (κ2) is 8.33. The van der Waals surface area contributed by atoms with E-state index in [4.69, 9.17) is 9.72 Å². The zero-order valence-corrected chi connectivity index (χ0v) is 16.3. The minimum absolute atomic E-state index is 0.179. The Hall–Kier alpha value is -3.02. The highest BCUT2D eigenvalue weighted by molar-refractivity contribution is 7.09. The molecule has 1 unspecified atom stereocenters. The number of amides is 1. The van der Waals surface area contributed by atoms with Crippen molar-refractivity contribution in [2.75, 3.05) is 7.11 Å². The van der Waals surface area contributed by atoms with E-state index in [-0.39, 0.29) is 5.91 Å². The van der Waals surface area contributed by atoms with Gasteiger partial charge < -0.3 is 10.1 Å². The lowest BCUT2D eigenvalue weighted by Gasteiger charge is -2.18. The van der Waals surface area contributed by atoms with Crippen molar-refractivity contribution in [3.63, 3.8) is 0 Å². The molecule has 2 heterocycles. The highest BCUT2D eigenvalue weighted by atomic mass is 32.1. The highest BCUT2D eigenvalue weighted by Crippen LogP contribution is 2.23. The lowest BCUT2D eigenvalue weighted by molar-refractivity contribution is 0.0576. The Morgan fingerprint density at radius 1 is 1.07 bits per heavy atom. The SMILES string of the molecule is COC(NC(=O)c1cc(Cc2cccs2)nc2ccccc12)c1ccccc1. The van der Waals surface area contributed by atoms with Gasteiger partial charge in [-0.3, -0.25) is 9.78 Å². The van der Waals surface area contributed by atoms with Crippen molar-refractivity contribution in [1.29, 1.82) is 0 Å². The number of pyridine rings is 1. The molecule has 2 aromatic heterocycles. The number of fused-ring (bicyclic) bond motifs is 1. The molecule has 5 heteroatoms. The van der Waals surface area contributed by atoms with Crippen LogP contribution in [0.15, 0.2) is 78.2 Å². The monoisotopic (exact) mass is 388 g/mol. The summed E-state index contributed by atoms with van der Waals surface area (Å²) in [5.41, 5.74) is 3.20. The van der Waals surface area contributed by atoms with Crippen LogP contribution in [0.5, 0.6) is 0 Å². The van der Waals surface area contributed by atoms with Gasteiger partial charge in [-0.05, 0) is 23.6 Å². The summed E-state index contributed by atoms with van der Waals surface area (Å²) < 4.78 is 5.51. The van der Waals surface area contributed by atoms with E-state index in [0.717, 1.165) is 22.2 Å². The topological polar surface area (TPSA) is 51.2 Å². The van der Waals surface area contributed by atoms with Crippen LogP contribution in [0.1, 0.15) is 32.7 Å². The molecule has 4 nitrogen and oxygen atoms in total. The quantitative estimate of drug-likeness (QED) is 0.475. The molecule has 1 atom stereocenters. The number of thiophene rings is 1. The molecule has 4 rings (SSSR count). The normalized spacial score (nSPS) is 12.0. The van der Waals surface area contributed by atoms with Crippen LogP contribution in [-0.2, 0) is 11.2 Å². The maximum Gasteiger partial charge on any atom is 0.254 e. The lowest BCUT2D eigenvalue weighted by atomic mass is 10.0. The molecular formula is C23H20N2O2S. The number of para-hydroxylation sites is 1. The van der Waals surface area contributed by atoms with Crippen LogP contribution in [0, 0.1) is 0 Å². The molecule has 0 aliphatic carbocycles. The molecule has 4 aromatic rings. The first kappa shape index (κ1) is 18.3. The predicted octanol–water partition coefficient (Wildman–Crippen LogP) is 4.96. The summed E-state index contributed by atoms with van der Waals surface area (Å²) in [4.78, 5) is 19.1. The number of rotatable bonds is 6. The minimum atomic E-state index is -0.513. The summed E-state index contributed by atoms with van der Waals surface area (Å²) in [6, 6.07) is 23.4. The Bertz CT molecular complexity index is 1080.